The number of nitrogens with zero attached hydrogens (tertiary/aromatic N) is 3. The monoisotopic (exact) mass is 505 g/mol. The van der Waals surface area contributed by atoms with Gasteiger partial charge in [-0.2, -0.15) is 0 Å². The average molecular weight is 505 g/mol. The topological polar surface area (TPSA) is 71.0 Å². The van der Waals surface area contributed by atoms with Gasteiger partial charge in [0.25, 0.3) is 0 Å². The summed E-state index contributed by atoms with van der Waals surface area (Å²) >= 11 is 0. The van der Waals surface area contributed by atoms with Gasteiger partial charge in [-0.15, -0.1) is 24.0 Å². The first-order valence-electron chi connectivity index (χ1n) is 10.1. The first-order chi connectivity index (χ1) is 13.2. The summed E-state index contributed by atoms with van der Waals surface area (Å²) in [6.07, 6.45) is 2.81. The minimum absolute atomic E-state index is 0. The van der Waals surface area contributed by atoms with E-state index in [-0.39, 0.29) is 24.0 Å². The summed E-state index contributed by atoms with van der Waals surface area (Å²) in [6.45, 7) is 13.5. The molecule has 2 N–H and O–H groups in total. The Morgan fingerprint density at radius 3 is 2.82 bits per heavy atom. The van der Waals surface area contributed by atoms with Gasteiger partial charge in [0.1, 0.15) is 5.82 Å². The van der Waals surface area contributed by atoms with E-state index >= 15 is 0 Å². The van der Waals surface area contributed by atoms with Crippen molar-refractivity contribution in [1.29, 1.82) is 0 Å². The van der Waals surface area contributed by atoms with Crippen molar-refractivity contribution in [2.24, 2.45) is 10.9 Å². The quantitative estimate of drug-likeness (QED) is 0.221. The zero-order valence-electron chi connectivity index (χ0n) is 17.4. The summed E-state index contributed by atoms with van der Waals surface area (Å²) in [6, 6.07) is 4.08. The fourth-order valence-corrected chi connectivity index (χ4v) is 2.82. The van der Waals surface area contributed by atoms with Gasteiger partial charge in [-0.05, 0) is 25.3 Å². The van der Waals surface area contributed by atoms with Crippen LogP contribution in [0.15, 0.2) is 23.3 Å². The molecule has 0 spiro atoms. The van der Waals surface area contributed by atoms with Crippen molar-refractivity contribution in [3.8, 4) is 0 Å². The second-order valence-electron chi connectivity index (χ2n) is 7.03. The highest BCUT2D eigenvalue weighted by atomic mass is 127. The number of anilines is 1. The number of aromatic nitrogens is 1. The Kier molecular flexibility index (Phi) is 13.2. The Morgan fingerprint density at radius 2 is 2.11 bits per heavy atom. The van der Waals surface area contributed by atoms with Crippen molar-refractivity contribution < 1.29 is 9.47 Å². The highest BCUT2D eigenvalue weighted by Gasteiger charge is 2.15. The average Bonchev–Trinajstić information content (AvgIpc) is 2.69. The number of hydrogen-bond donors (Lipinski definition) is 2. The molecule has 160 valence electrons. The third-order valence-electron chi connectivity index (χ3n) is 4.14. The number of pyridine rings is 1. The Bertz CT molecular complexity index is 565. The third-order valence-corrected chi connectivity index (χ3v) is 4.14. The van der Waals surface area contributed by atoms with E-state index in [1.807, 2.05) is 12.3 Å². The van der Waals surface area contributed by atoms with Crippen molar-refractivity contribution in [3.05, 3.63) is 23.9 Å². The number of rotatable bonds is 10. The van der Waals surface area contributed by atoms with E-state index in [2.05, 4.69) is 47.4 Å². The molecule has 0 unspecified atom stereocenters. The van der Waals surface area contributed by atoms with Gasteiger partial charge in [0.05, 0.1) is 19.8 Å². The molecule has 1 saturated heterocycles. The molecule has 0 bridgehead atoms. The molecule has 1 aromatic rings. The van der Waals surface area contributed by atoms with Crippen LogP contribution in [0.2, 0.25) is 0 Å². The maximum atomic E-state index is 5.62. The van der Waals surface area contributed by atoms with Crippen molar-refractivity contribution in [3.63, 3.8) is 0 Å². The molecule has 2 heterocycles. The first-order valence-corrected chi connectivity index (χ1v) is 10.1. The standard InChI is InChI=1S/C20H35N5O2.HI/c1-4-21-20(23-9-6-12-27-16-17(2)3)24-15-18-7-5-8-22-19(18)25-10-13-26-14-11-25;/h5,7-8,17H,4,6,9-16H2,1-3H3,(H2,21,23,24);1H. The van der Waals surface area contributed by atoms with Crippen LogP contribution in [0.4, 0.5) is 5.82 Å². The Labute approximate surface area is 186 Å². The number of aliphatic imine (C=N–C) groups is 1. The summed E-state index contributed by atoms with van der Waals surface area (Å²) in [5.41, 5.74) is 1.14. The van der Waals surface area contributed by atoms with Gasteiger partial charge in [0.2, 0.25) is 0 Å². The Balaban J connectivity index is 0.00000392. The van der Waals surface area contributed by atoms with Crippen LogP contribution in [0.25, 0.3) is 0 Å². The van der Waals surface area contributed by atoms with Crippen molar-refractivity contribution in [1.82, 2.24) is 15.6 Å². The molecule has 0 radical (unpaired) electrons. The minimum atomic E-state index is 0. The van der Waals surface area contributed by atoms with Gasteiger partial charge in [0, 0.05) is 51.2 Å². The highest BCUT2D eigenvalue weighted by Crippen LogP contribution is 2.19. The maximum Gasteiger partial charge on any atom is 0.191 e. The van der Waals surface area contributed by atoms with Crippen LogP contribution in [0.1, 0.15) is 32.8 Å². The van der Waals surface area contributed by atoms with Crippen LogP contribution in [0, 0.1) is 5.92 Å². The predicted octanol–water partition coefficient (Wildman–Crippen LogP) is 2.65. The summed E-state index contributed by atoms with van der Waals surface area (Å²) < 4.78 is 11.1. The number of nitrogens with one attached hydrogen (secondary N) is 2. The summed E-state index contributed by atoms with van der Waals surface area (Å²) in [5.74, 6) is 2.43. The van der Waals surface area contributed by atoms with E-state index in [0.717, 1.165) is 76.4 Å². The molecular formula is C20H36IN5O2. The number of morpholine rings is 1. The molecule has 0 atom stereocenters. The lowest BCUT2D eigenvalue weighted by atomic mass is 10.2. The van der Waals surface area contributed by atoms with Gasteiger partial charge in [-0.1, -0.05) is 19.9 Å². The lowest BCUT2D eigenvalue weighted by Gasteiger charge is -2.29. The van der Waals surface area contributed by atoms with Crippen LogP contribution in [-0.4, -0.2) is 63.6 Å². The van der Waals surface area contributed by atoms with Crippen LogP contribution in [0.5, 0.6) is 0 Å². The Morgan fingerprint density at radius 1 is 1.32 bits per heavy atom. The summed E-state index contributed by atoms with van der Waals surface area (Å²) in [5, 5.41) is 6.69. The fraction of sp³-hybridized carbons (Fsp3) is 0.700. The van der Waals surface area contributed by atoms with Crippen LogP contribution in [0.3, 0.4) is 0 Å². The third kappa shape index (κ3) is 9.38. The van der Waals surface area contributed by atoms with E-state index in [4.69, 9.17) is 14.5 Å². The normalized spacial score (nSPS) is 14.7. The molecule has 0 aromatic carbocycles. The van der Waals surface area contributed by atoms with E-state index in [1.165, 1.54) is 0 Å². The molecular weight excluding hydrogens is 469 g/mol. The molecule has 0 aliphatic carbocycles. The molecule has 0 saturated carbocycles. The van der Waals surface area contributed by atoms with Crippen molar-refractivity contribution in [2.75, 3.05) is 57.5 Å². The van der Waals surface area contributed by atoms with Crippen LogP contribution in [-0.2, 0) is 16.0 Å². The van der Waals surface area contributed by atoms with E-state index < -0.39 is 0 Å². The van der Waals surface area contributed by atoms with Crippen LogP contribution >= 0.6 is 24.0 Å². The second-order valence-corrected chi connectivity index (χ2v) is 7.03. The van der Waals surface area contributed by atoms with E-state index in [9.17, 15) is 0 Å². The van der Waals surface area contributed by atoms with Crippen molar-refractivity contribution in [2.45, 2.75) is 33.7 Å². The second kappa shape index (κ2) is 14.8. The largest absolute Gasteiger partial charge is 0.381 e. The zero-order chi connectivity index (χ0) is 19.3. The number of halogens is 1. The molecule has 1 aliphatic rings. The lowest BCUT2D eigenvalue weighted by Crippen LogP contribution is -2.38. The maximum absolute atomic E-state index is 5.62. The summed E-state index contributed by atoms with van der Waals surface area (Å²) in [7, 11) is 0. The molecule has 28 heavy (non-hydrogen) atoms. The van der Waals surface area contributed by atoms with Crippen molar-refractivity contribution >= 4 is 35.8 Å². The molecule has 1 fully saturated rings. The molecule has 8 heteroatoms. The van der Waals surface area contributed by atoms with Crippen LogP contribution < -0.4 is 15.5 Å². The minimum Gasteiger partial charge on any atom is -0.381 e. The molecule has 2 rings (SSSR count). The number of ether oxygens (including phenoxy) is 2. The fourth-order valence-electron chi connectivity index (χ4n) is 2.82. The molecule has 7 nitrogen and oxygen atoms in total. The lowest BCUT2D eigenvalue weighted by molar-refractivity contribution is 0.108. The number of hydrogen-bond acceptors (Lipinski definition) is 5. The van der Waals surface area contributed by atoms with Gasteiger partial charge >= 0.3 is 0 Å². The Hall–Kier alpha value is -1.13. The first kappa shape index (κ1) is 24.9. The van der Waals surface area contributed by atoms with E-state index in [0.29, 0.717) is 12.5 Å². The zero-order valence-corrected chi connectivity index (χ0v) is 19.8. The molecule has 0 amide bonds. The highest BCUT2D eigenvalue weighted by molar-refractivity contribution is 14.0. The SMILES string of the molecule is CCNC(=NCc1cccnc1N1CCOCC1)NCCCOCC(C)C.I. The van der Waals surface area contributed by atoms with E-state index in [1.54, 1.807) is 0 Å². The molecule has 1 aliphatic heterocycles. The smallest absolute Gasteiger partial charge is 0.191 e. The van der Waals surface area contributed by atoms with Gasteiger partial charge in [0.15, 0.2) is 5.96 Å². The van der Waals surface area contributed by atoms with Gasteiger partial charge in [-0.25, -0.2) is 9.98 Å². The summed E-state index contributed by atoms with van der Waals surface area (Å²) in [4.78, 5) is 11.6. The van der Waals surface area contributed by atoms with Gasteiger partial charge in [-0.3, -0.25) is 0 Å². The van der Waals surface area contributed by atoms with Gasteiger partial charge < -0.3 is 25.0 Å². The number of guanidine groups is 1. The molecule has 1 aromatic heterocycles. The predicted molar refractivity (Wildman–Crippen MR) is 126 cm³/mol.